The molecule has 0 saturated heterocycles. The molecule has 1 aliphatic rings. The Morgan fingerprint density at radius 1 is 1.19 bits per heavy atom. The minimum Gasteiger partial charge on any atom is -0.490 e. The number of hydrogen-bond acceptors (Lipinski definition) is 3. The monoisotopic (exact) mass is 291 g/mol. The molecule has 2 N–H and O–H groups in total. The molecule has 1 aromatic rings. The minimum atomic E-state index is 0.321. The van der Waals surface area contributed by atoms with Gasteiger partial charge in [0, 0.05) is 0 Å². The van der Waals surface area contributed by atoms with Gasteiger partial charge in [-0.25, -0.2) is 0 Å². The van der Waals surface area contributed by atoms with Gasteiger partial charge in [0.2, 0.25) is 0 Å². The summed E-state index contributed by atoms with van der Waals surface area (Å²) in [6, 6.07) is 6.14. The van der Waals surface area contributed by atoms with Crippen LogP contribution in [-0.2, 0) is 6.42 Å². The predicted octanol–water partition coefficient (Wildman–Crippen LogP) is 3.93. The van der Waals surface area contributed by atoms with Gasteiger partial charge in [-0.1, -0.05) is 25.5 Å². The number of benzene rings is 1. The first-order valence-electron chi connectivity index (χ1n) is 8.41. The van der Waals surface area contributed by atoms with Gasteiger partial charge in [0.25, 0.3) is 0 Å². The normalized spacial score (nSPS) is 22.0. The molecule has 1 aliphatic carbocycles. The molecule has 2 atom stereocenters. The number of hydrogen-bond donors (Lipinski definition) is 1. The average molecular weight is 291 g/mol. The number of rotatable bonds is 7. The van der Waals surface area contributed by atoms with E-state index >= 15 is 0 Å². The summed E-state index contributed by atoms with van der Waals surface area (Å²) in [5.41, 5.74) is 6.91. The topological polar surface area (TPSA) is 44.5 Å². The Bertz CT molecular complexity index is 409. The van der Waals surface area contributed by atoms with E-state index in [1.807, 2.05) is 19.1 Å². The van der Waals surface area contributed by atoms with Gasteiger partial charge < -0.3 is 15.2 Å². The Labute approximate surface area is 128 Å². The van der Waals surface area contributed by atoms with Crippen molar-refractivity contribution in [2.45, 2.75) is 58.5 Å². The van der Waals surface area contributed by atoms with Gasteiger partial charge in [-0.3, -0.25) is 0 Å². The van der Waals surface area contributed by atoms with Crippen LogP contribution in [0, 0.1) is 5.92 Å². The van der Waals surface area contributed by atoms with Gasteiger partial charge in [0.05, 0.1) is 6.61 Å². The zero-order valence-corrected chi connectivity index (χ0v) is 13.4. The Morgan fingerprint density at radius 2 is 2.00 bits per heavy atom. The molecule has 3 nitrogen and oxygen atoms in total. The summed E-state index contributed by atoms with van der Waals surface area (Å²) in [5.74, 6) is 2.46. The zero-order chi connectivity index (χ0) is 15.1. The molecule has 2 unspecified atom stereocenters. The highest BCUT2D eigenvalue weighted by atomic mass is 16.5. The van der Waals surface area contributed by atoms with Crippen molar-refractivity contribution < 1.29 is 9.47 Å². The third kappa shape index (κ3) is 4.13. The number of nitrogens with two attached hydrogens (primary N) is 1. The molecule has 21 heavy (non-hydrogen) atoms. The van der Waals surface area contributed by atoms with Crippen LogP contribution in [0.1, 0.15) is 51.5 Å². The summed E-state index contributed by atoms with van der Waals surface area (Å²) in [6.45, 7) is 5.56. The van der Waals surface area contributed by atoms with Crippen LogP contribution in [0.4, 0.5) is 0 Å². The fraction of sp³-hybridized carbons (Fsp3) is 0.667. The van der Waals surface area contributed by atoms with Crippen molar-refractivity contribution >= 4 is 0 Å². The van der Waals surface area contributed by atoms with Crippen molar-refractivity contribution in [3.8, 4) is 11.5 Å². The van der Waals surface area contributed by atoms with Crippen LogP contribution in [0.3, 0.4) is 0 Å². The van der Waals surface area contributed by atoms with E-state index in [1.165, 1.54) is 31.2 Å². The fourth-order valence-electron chi connectivity index (χ4n) is 3.26. The number of ether oxygens (including phenoxy) is 2. The van der Waals surface area contributed by atoms with Crippen LogP contribution in [0.2, 0.25) is 0 Å². The van der Waals surface area contributed by atoms with E-state index in [0.717, 1.165) is 24.3 Å². The molecule has 118 valence electrons. The maximum atomic E-state index is 6.45. The number of para-hydroxylation sites is 1. The van der Waals surface area contributed by atoms with E-state index in [1.54, 1.807) is 0 Å². The molecule has 1 fully saturated rings. The first-order valence-corrected chi connectivity index (χ1v) is 8.41. The summed E-state index contributed by atoms with van der Waals surface area (Å²) in [7, 11) is 0. The van der Waals surface area contributed by atoms with E-state index in [2.05, 4.69) is 13.0 Å². The standard InChI is InChI=1S/C18H29NO2/c1-3-14-8-5-6-10-16(14)21-18-15(12-13-19)9-7-11-17(18)20-4-2/h7,9,11,14,16H,3-6,8,10,12-13,19H2,1-2H3. The van der Waals surface area contributed by atoms with Crippen LogP contribution in [0.15, 0.2) is 18.2 Å². The van der Waals surface area contributed by atoms with Crippen LogP contribution < -0.4 is 15.2 Å². The predicted molar refractivity (Wildman–Crippen MR) is 87.0 cm³/mol. The van der Waals surface area contributed by atoms with Crippen molar-refractivity contribution in [3.05, 3.63) is 23.8 Å². The van der Waals surface area contributed by atoms with E-state index in [0.29, 0.717) is 25.2 Å². The van der Waals surface area contributed by atoms with Crippen LogP contribution in [-0.4, -0.2) is 19.3 Å². The molecular formula is C18H29NO2. The highest BCUT2D eigenvalue weighted by Crippen LogP contribution is 2.37. The molecule has 0 aromatic heterocycles. The van der Waals surface area contributed by atoms with Gasteiger partial charge in [0.15, 0.2) is 11.5 Å². The Morgan fingerprint density at radius 3 is 2.71 bits per heavy atom. The SMILES string of the molecule is CCOc1cccc(CCN)c1OC1CCCCC1CC. The second-order valence-corrected chi connectivity index (χ2v) is 5.83. The van der Waals surface area contributed by atoms with E-state index in [9.17, 15) is 0 Å². The van der Waals surface area contributed by atoms with E-state index in [4.69, 9.17) is 15.2 Å². The highest BCUT2D eigenvalue weighted by molar-refractivity contribution is 5.47. The van der Waals surface area contributed by atoms with Crippen LogP contribution in [0.5, 0.6) is 11.5 Å². The molecule has 0 heterocycles. The highest BCUT2D eigenvalue weighted by Gasteiger charge is 2.27. The average Bonchev–Trinajstić information content (AvgIpc) is 2.51. The third-order valence-electron chi connectivity index (χ3n) is 4.41. The lowest BCUT2D eigenvalue weighted by Gasteiger charge is -2.32. The molecule has 2 rings (SSSR count). The smallest absolute Gasteiger partial charge is 0.164 e. The summed E-state index contributed by atoms with van der Waals surface area (Å²) < 4.78 is 12.2. The van der Waals surface area contributed by atoms with Crippen molar-refractivity contribution in [2.75, 3.05) is 13.2 Å². The molecule has 0 radical (unpaired) electrons. The summed E-state index contributed by atoms with van der Waals surface area (Å²) in [4.78, 5) is 0. The lowest BCUT2D eigenvalue weighted by Crippen LogP contribution is -2.30. The van der Waals surface area contributed by atoms with E-state index < -0.39 is 0 Å². The first kappa shape index (κ1) is 16.2. The molecule has 1 aromatic carbocycles. The van der Waals surface area contributed by atoms with Gasteiger partial charge in [0.1, 0.15) is 6.10 Å². The van der Waals surface area contributed by atoms with Gasteiger partial charge in [-0.15, -0.1) is 0 Å². The molecule has 0 spiro atoms. The quantitative estimate of drug-likeness (QED) is 0.827. The lowest BCUT2D eigenvalue weighted by atomic mass is 9.84. The second-order valence-electron chi connectivity index (χ2n) is 5.83. The van der Waals surface area contributed by atoms with Crippen molar-refractivity contribution in [1.82, 2.24) is 0 Å². The lowest BCUT2D eigenvalue weighted by molar-refractivity contribution is 0.0855. The Kier molecular flexibility index (Phi) is 6.37. The van der Waals surface area contributed by atoms with Crippen molar-refractivity contribution in [3.63, 3.8) is 0 Å². The summed E-state index contributed by atoms with van der Waals surface area (Å²) >= 11 is 0. The molecule has 0 amide bonds. The third-order valence-corrected chi connectivity index (χ3v) is 4.41. The molecule has 0 aliphatic heterocycles. The van der Waals surface area contributed by atoms with Gasteiger partial charge in [-0.05, 0) is 63.1 Å². The maximum absolute atomic E-state index is 6.45. The maximum Gasteiger partial charge on any atom is 0.164 e. The summed E-state index contributed by atoms with van der Waals surface area (Å²) in [5, 5.41) is 0. The fourth-order valence-corrected chi connectivity index (χ4v) is 3.26. The molecule has 0 bridgehead atoms. The van der Waals surface area contributed by atoms with Crippen molar-refractivity contribution in [1.29, 1.82) is 0 Å². The molecular weight excluding hydrogens is 262 g/mol. The summed E-state index contributed by atoms with van der Waals surface area (Å²) in [6.07, 6.45) is 7.38. The van der Waals surface area contributed by atoms with Crippen molar-refractivity contribution in [2.24, 2.45) is 11.7 Å². The Balaban J connectivity index is 2.22. The largest absolute Gasteiger partial charge is 0.490 e. The van der Waals surface area contributed by atoms with Gasteiger partial charge in [-0.2, -0.15) is 0 Å². The first-order chi connectivity index (χ1) is 10.3. The zero-order valence-electron chi connectivity index (χ0n) is 13.4. The Hall–Kier alpha value is -1.22. The minimum absolute atomic E-state index is 0.321. The van der Waals surface area contributed by atoms with Crippen LogP contribution in [0.25, 0.3) is 0 Å². The van der Waals surface area contributed by atoms with Crippen LogP contribution >= 0.6 is 0 Å². The molecule has 3 heteroatoms. The molecule has 1 saturated carbocycles. The van der Waals surface area contributed by atoms with E-state index in [-0.39, 0.29) is 0 Å². The second kappa shape index (κ2) is 8.28. The van der Waals surface area contributed by atoms with Gasteiger partial charge >= 0.3 is 0 Å².